The van der Waals surface area contributed by atoms with Crippen molar-refractivity contribution in [2.24, 2.45) is 23.5 Å². The highest BCUT2D eigenvalue weighted by Gasteiger charge is 2.40. The molecule has 2 unspecified atom stereocenters. The molecular weight excluding hydrogens is 368 g/mol. The van der Waals surface area contributed by atoms with Gasteiger partial charge in [0.1, 0.15) is 5.75 Å². The van der Waals surface area contributed by atoms with Crippen molar-refractivity contribution in [3.05, 3.63) is 36.0 Å². The SMILES string of the molecule is NC1C2CCCC1CC(C(=O)Nc1ccc(OCc3noc(C4CC4)n3)cc1)C2. The summed E-state index contributed by atoms with van der Waals surface area (Å²) in [6.45, 7) is 0.271. The number of aromatic nitrogens is 2. The standard InChI is InChI=1S/C22H28N4O3/c23-20-14-2-1-3-15(20)11-16(10-14)21(27)24-17-6-8-18(9-7-17)28-12-19-25-22(29-26-19)13-4-5-13/h6-9,13-16,20H,1-5,10-12,23H2,(H,24,27). The normalized spacial score (nSPS) is 28.7. The second kappa shape index (κ2) is 7.78. The van der Waals surface area contributed by atoms with Crippen molar-refractivity contribution in [3.63, 3.8) is 0 Å². The molecule has 0 aliphatic heterocycles. The molecule has 7 nitrogen and oxygen atoms in total. The summed E-state index contributed by atoms with van der Waals surface area (Å²) in [7, 11) is 0. The maximum Gasteiger partial charge on any atom is 0.229 e. The molecule has 1 aromatic carbocycles. The van der Waals surface area contributed by atoms with Crippen molar-refractivity contribution in [1.82, 2.24) is 10.1 Å². The van der Waals surface area contributed by atoms with Gasteiger partial charge in [0.2, 0.25) is 17.6 Å². The summed E-state index contributed by atoms with van der Waals surface area (Å²) in [5.41, 5.74) is 7.13. The average Bonchev–Trinajstić information content (AvgIpc) is 3.45. The number of amides is 1. The van der Waals surface area contributed by atoms with Crippen LogP contribution in [0.25, 0.3) is 0 Å². The van der Waals surface area contributed by atoms with E-state index in [-0.39, 0.29) is 24.5 Å². The number of ether oxygens (including phenoxy) is 1. The zero-order valence-corrected chi connectivity index (χ0v) is 16.5. The largest absolute Gasteiger partial charge is 0.485 e. The smallest absolute Gasteiger partial charge is 0.229 e. The number of carbonyl (C=O) groups is 1. The first-order valence-electron chi connectivity index (χ1n) is 10.8. The van der Waals surface area contributed by atoms with E-state index in [9.17, 15) is 4.79 Å². The molecule has 1 aromatic heterocycles. The minimum absolute atomic E-state index is 0.0694. The fourth-order valence-corrected chi connectivity index (χ4v) is 4.85. The highest BCUT2D eigenvalue weighted by Crippen LogP contribution is 2.42. The molecule has 0 spiro atoms. The van der Waals surface area contributed by atoms with Gasteiger partial charge in [0.25, 0.3) is 0 Å². The van der Waals surface area contributed by atoms with Gasteiger partial charge in [-0.2, -0.15) is 4.98 Å². The number of anilines is 1. The lowest BCUT2D eigenvalue weighted by Crippen LogP contribution is -2.48. The Balaban J connectivity index is 1.13. The lowest BCUT2D eigenvalue weighted by molar-refractivity contribution is -0.122. The van der Waals surface area contributed by atoms with E-state index >= 15 is 0 Å². The van der Waals surface area contributed by atoms with Crippen LogP contribution in [0.1, 0.15) is 62.6 Å². The molecule has 0 saturated heterocycles. The maximum atomic E-state index is 12.8. The van der Waals surface area contributed by atoms with Gasteiger partial charge in [-0.3, -0.25) is 4.79 Å². The lowest BCUT2D eigenvalue weighted by Gasteiger charge is -2.43. The fourth-order valence-electron chi connectivity index (χ4n) is 4.85. The predicted molar refractivity (Wildman–Crippen MR) is 107 cm³/mol. The molecule has 154 valence electrons. The van der Waals surface area contributed by atoms with Gasteiger partial charge in [0.15, 0.2) is 6.61 Å². The number of hydrogen-bond acceptors (Lipinski definition) is 6. The molecule has 29 heavy (non-hydrogen) atoms. The third kappa shape index (κ3) is 4.15. The van der Waals surface area contributed by atoms with Gasteiger partial charge in [0, 0.05) is 23.6 Å². The molecule has 1 amide bonds. The Labute approximate surface area is 170 Å². The van der Waals surface area contributed by atoms with E-state index in [4.69, 9.17) is 15.0 Å². The molecule has 3 saturated carbocycles. The van der Waals surface area contributed by atoms with Gasteiger partial charge in [-0.05, 0) is 74.6 Å². The van der Waals surface area contributed by atoms with Crippen LogP contribution < -0.4 is 15.8 Å². The minimum Gasteiger partial charge on any atom is -0.485 e. The molecule has 2 aromatic rings. The zero-order chi connectivity index (χ0) is 19.8. The number of carbonyl (C=O) groups excluding carboxylic acids is 1. The quantitative estimate of drug-likeness (QED) is 0.773. The molecule has 3 fully saturated rings. The first-order chi connectivity index (χ1) is 14.2. The van der Waals surface area contributed by atoms with E-state index in [0.29, 0.717) is 29.3 Å². The molecule has 1 heterocycles. The van der Waals surface area contributed by atoms with E-state index in [1.165, 1.54) is 6.42 Å². The Morgan fingerprint density at radius 2 is 1.86 bits per heavy atom. The molecule has 0 radical (unpaired) electrons. The lowest BCUT2D eigenvalue weighted by atomic mass is 9.65. The van der Waals surface area contributed by atoms with E-state index < -0.39 is 0 Å². The number of benzene rings is 1. The molecule has 2 bridgehead atoms. The average molecular weight is 396 g/mol. The molecule has 5 rings (SSSR count). The number of hydrogen-bond donors (Lipinski definition) is 2. The number of nitrogens with two attached hydrogens (primary N) is 1. The van der Waals surface area contributed by atoms with Crippen LogP contribution in [0.2, 0.25) is 0 Å². The van der Waals surface area contributed by atoms with Gasteiger partial charge < -0.3 is 20.3 Å². The first-order valence-corrected chi connectivity index (χ1v) is 10.8. The van der Waals surface area contributed by atoms with Crippen molar-refractivity contribution in [3.8, 4) is 5.75 Å². The highest BCUT2D eigenvalue weighted by molar-refractivity contribution is 5.92. The second-order valence-corrected chi connectivity index (χ2v) is 8.82. The molecule has 3 aliphatic carbocycles. The molecule has 3 aliphatic rings. The Morgan fingerprint density at radius 1 is 1.14 bits per heavy atom. The van der Waals surface area contributed by atoms with Crippen LogP contribution in [-0.4, -0.2) is 22.1 Å². The fraction of sp³-hybridized carbons (Fsp3) is 0.591. The maximum absolute atomic E-state index is 12.8. The number of nitrogens with one attached hydrogen (secondary N) is 1. The van der Waals surface area contributed by atoms with Gasteiger partial charge in [0.05, 0.1) is 0 Å². The monoisotopic (exact) mass is 396 g/mol. The van der Waals surface area contributed by atoms with Gasteiger partial charge >= 0.3 is 0 Å². The predicted octanol–water partition coefficient (Wildman–Crippen LogP) is 3.62. The zero-order valence-electron chi connectivity index (χ0n) is 16.5. The van der Waals surface area contributed by atoms with Crippen LogP contribution in [0.15, 0.2) is 28.8 Å². The third-order valence-corrected chi connectivity index (χ3v) is 6.68. The van der Waals surface area contributed by atoms with Crippen LogP contribution in [0.3, 0.4) is 0 Å². The summed E-state index contributed by atoms with van der Waals surface area (Å²) in [6.07, 6.45) is 7.67. The van der Waals surface area contributed by atoms with E-state index in [1.54, 1.807) is 0 Å². The summed E-state index contributed by atoms with van der Waals surface area (Å²) in [5, 5.41) is 7.02. The van der Waals surface area contributed by atoms with E-state index in [0.717, 1.165) is 50.1 Å². The Kier molecular flexibility index (Phi) is 4.99. The van der Waals surface area contributed by atoms with Gasteiger partial charge in [-0.15, -0.1) is 0 Å². The van der Waals surface area contributed by atoms with Gasteiger partial charge in [-0.1, -0.05) is 11.6 Å². The van der Waals surface area contributed by atoms with Crippen LogP contribution >= 0.6 is 0 Å². The Hall–Kier alpha value is -2.41. The first kappa shape index (κ1) is 18.6. The topological polar surface area (TPSA) is 103 Å². The summed E-state index contributed by atoms with van der Waals surface area (Å²) in [6, 6.07) is 7.72. The number of nitrogens with zero attached hydrogens (tertiary/aromatic N) is 2. The van der Waals surface area contributed by atoms with Crippen LogP contribution in [-0.2, 0) is 11.4 Å². The van der Waals surface area contributed by atoms with Crippen molar-refractivity contribution in [2.45, 2.75) is 63.5 Å². The van der Waals surface area contributed by atoms with E-state index in [1.807, 2.05) is 24.3 Å². The summed E-state index contributed by atoms with van der Waals surface area (Å²) in [5.74, 6) is 3.61. The number of fused-ring (bicyclic) bond motifs is 2. The second-order valence-electron chi connectivity index (χ2n) is 8.82. The highest BCUT2D eigenvalue weighted by atomic mass is 16.5. The summed E-state index contributed by atoms with van der Waals surface area (Å²) < 4.78 is 11.0. The van der Waals surface area contributed by atoms with Crippen molar-refractivity contribution >= 4 is 11.6 Å². The third-order valence-electron chi connectivity index (χ3n) is 6.68. The molecule has 3 N–H and O–H groups in total. The van der Waals surface area contributed by atoms with Crippen molar-refractivity contribution < 1.29 is 14.1 Å². The summed E-state index contributed by atoms with van der Waals surface area (Å²) in [4.78, 5) is 17.1. The number of rotatable bonds is 6. The Morgan fingerprint density at radius 3 is 2.55 bits per heavy atom. The molecule has 7 heteroatoms. The van der Waals surface area contributed by atoms with Gasteiger partial charge in [-0.25, -0.2) is 0 Å². The minimum atomic E-state index is 0.0694. The molecule has 2 atom stereocenters. The van der Waals surface area contributed by atoms with Crippen LogP contribution in [0.4, 0.5) is 5.69 Å². The van der Waals surface area contributed by atoms with Crippen molar-refractivity contribution in [2.75, 3.05) is 5.32 Å². The molecular formula is C22H28N4O3. The van der Waals surface area contributed by atoms with Crippen molar-refractivity contribution in [1.29, 1.82) is 0 Å². The summed E-state index contributed by atoms with van der Waals surface area (Å²) >= 11 is 0. The Bertz CT molecular complexity index is 847. The van der Waals surface area contributed by atoms with E-state index in [2.05, 4.69) is 15.5 Å². The van der Waals surface area contributed by atoms with Crippen LogP contribution in [0, 0.1) is 17.8 Å². The van der Waals surface area contributed by atoms with Crippen LogP contribution in [0.5, 0.6) is 5.75 Å².